The summed E-state index contributed by atoms with van der Waals surface area (Å²) >= 11 is 3.52. The van der Waals surface area contributed by atoms with E-state index in [4.69, 9.17) is 0 Å². The highest BCUT2D eigenvalue weighted by molar-refractivity contribution is 9.10. The van der Waals surface area contributed by atoms with E-state index >= 15 is 0 Å². The van der Waals surface area contributed by atoms with Crippen LogP contribution in [0, 0.1) is 16.7 Å². The monoisotopic (exact) mass is 312 g/mol. The molecular formula is C13H21BrN4. The summed E-state index contributed by atoms with van der Waals surface area (Å²) in [6.45, 7) is 10.3. The normalized spacial score (nSPS) is 20.6. The van der Waals surface area contributed by atoms with Crippen LogP contribution in [0.1, 0.15) is 27.7 Å². The van der Waals surface area contributed by atoms with Crippen LogP contribution in [-0.2, 0) is 0 Å². The van der Waals surface area contributed by atoms with Crippen LogP contribution in [0.15, 0.2) is 10.8 Å². The van der Waals surface area contributed by atoms with Gasteiger partial charge in [0, 0.05) is 13.6 Å². The molecule has 0 amide bonds. The van der Waals surface area contributed by atoms with Gasteiger partial charge in [-0.3, -0.25) is 0 Å². The standard InChI is InChI=1S/C13H21BrN4/c1-12(2)8(13(12,3)4)6-16-11-9(14)10(15-5)17-7-18-11/h7-8H,6H2,1-5H3,(H2,15,16,17,18). The Morgan fingerprint density at radius 1 is 1.17 bits per heavy atom. The highest BCUT2D eigenvalue weighted by Crippen LogP contribution is 2.68. The van der Waals surface area contributed by atoms with Crippen molar-refractivity contribution in [1.82, 2.24) is 9.97 Å². The molecule has 2 rings (SSSR count). The van der Waals surface area contributed by atoms with Crippen molar-refractivity contribution in [2.24, 2.45) is 16.7 Å². The summed E-state index contributed by atoms with van der Waals surface area (Å²) in [6.07, 6.45) is 1.57. The van der Waals surface area contributed by atoms with E-state index in [1.165, 1.54) is 0 Å². The van der Waals surface area contributed by atoms with Gasteiger partial charge in [-0.1, -0.05) is 27.7 Å². The van der Waals surface area contributed by atoms with Gasteiger partial charge in [0.15, 0.2) is 0 Å². The van der Waals surface area contributed by atoms with Gasteiger partial charge in [-0.25, -0.2) is 9.97 Å². The molecule has 0 spiro atoms. The predicted molar refractivity (Wildman–Crippen MR) is 78.8 cm³/mol. The second kappa shape index (κ2) is 4.37. The Morgan fingerprint density at radius 2 is 1.72 bits per heavy atom. The smallest absolute Gasteiger partial charge is 0.145 e. The van der Waals surface area contributed by atoms with Crippen molar-refractivity contribution in [2.75, 3.05) is 24.2 Å². The SMILES string of the molecule is CNc1ncnc(NCC2C(C)(C)C2(C)C)c1Br. The number of nitrogens with one attached hydrogen (secondary N) is 2. The molecule has 0 saturated heterocycles. The fourth-order valence-corrected chi connectivity index (χ4v) is 3.25. The largest absolute Gasteiger partial charge is 0.372 e. The van der Waals surface area contributed by atoms with Crippen molar-refractivity contribution in [3.05, 3.63) is 10.8 Å². The summed E-state index contributed by atoms with van der Waals surface area (Å²) in [4.78, 5) is 8.42. The van der Waals surface area contributed by atoms with Crippen LogP contribution in [0.5, 0.6) is 0 Å². The summed E-state index contributed by atoms with van der Waals surface area (Å²) in [7, 11) is 1.85. The topological polar surface area (TPSA) is 49.8 Å². The molecule has 0 radical (unpaired) electrons. The molecule has 0 atom stereocenters. The number of halogens is 1. The summed E-state index contributed by atoms with van der Waals surface area (Å²) < 4.78 is 0.892. The molecule has 18 heavy (non-hydrogen) atoms. The number of hydrogen-bond acceptors (Lipinski definition) is 4. The van der Waals surface area contributed by atoms with E-state index in [1.54, 1.807) is 6.33 Å². The van der Waals surface area contributed by atoms with Crippen molar-refractivity contribution in [3.8, 4) is 0 Å². The zero-order valence-corrected chi connectivity index (χ0v) is 13.2. The molecule has 1 heterocycles. The van der Waals surface area contributed by atoms with Crippen molar-refractivity contribution < 1.29 is 0 Å². The second-order valence-electron chi connectivity index (χ2n) is 6.01. The van der Waals surface area contributed by atoms with Crippen LogP contribution in [0.3, 0.4) is 0 Å². The highest BCUT2D eigenvalue weighted by Gasteiger charge is 2.64. The summed E-state index contributed by atoms with van der Waals surface area (Å²) in [5.41, 5.74) is 0.788. The highest BCUT2D eigenvalue weighted by atomic mass is 79.9. The summed E-state index contributed by atoms with van der Waals surface area (Å²) in [5, 5.41) is 6.46. The van der Waals surface area contributed by atoms with Crippen LogP contribution in [0.4, 0.5) is 11.6 Å². The number of hydrogen-bond donors (Lipinski definition) is 2. The molecule has 1 saturated carbocycles. The molecule has 0 aromatic carbocycles. The van der Waals surface area contributed by atoms with Gasteiger partial charge in [0.2, 0.25) is 0 Å². The van der Waals surface area contributed by atoms with Crippen LogP contribution >= 0.6 is 15.9 Å². The van der Waals surface area contributed by atoms with Crippen molar-refractivity contribution in [1.29, 1.82) is 0 Å². The maximum atomic E-state index is 4.27. The zero-order valence-electron chi connectivity index (χ0n) is 11.6. The lowest BCUT2D eigenvalue weighted by Crippen LogP contribution is -2.10. The second-order valence-corrected chi connectivity index (χ2v) is 6.80. The molecule has 0 bridgehead atoms. The number of rotatable bonds is 4. The first-order valence-electron chi connectivity index (χ1n) is 6.24. The first-order valence-corrected chi connectivity index (χ1v) is 7.03. The van der Waals surface area contributed by atoms with E-state index in [9.17, 15) is 0 Å². The molecule has 5 heteroatoms. The molecule has 1 fully saturated rings. The van der Waals surface area contributed by atoms with Gasteiger partial charge in [-0.15, -0.1) is 0 Å². The Bertz CT molecular complexity index is 442. The van der Waals surface area contributed by atoms with Gasteiger partial charge >= 0.3 is 0 Å². The minimum atomic E-state index is 0.394. The lowest BCUT2D eigenvalue weighted by molar-refractivity contribution is 0.457. The summed E-state index contributed by atoms with van der Waals surface area (Å²) in [6, 6.07) is 0. The zero-order chi connectivity index (χ0) is 13.6. The molecule has 1 aliphatic carbocycles. The Kier molecular flexibility index (Phi) is 3.30. The number of aromatic nitrogens is 2. The lowest BCUT2D eigenvalue weighted by atomic mass is 10.0. The van der Waals surface area contributed by atoms with Gasteiger partial charge in [0.1, 0.15) is 22.4 Å². The van der Waals surface area contributed by atoms with Crippen LogP contribution < -0.4 is 10.6 Å². The molecule has 1 aliphatic rings. The third-order valence-electron chi connectivity index (χ3n) is 4.82. The average molecular weight is 313 g/mol. The molecule has 0 aliphatic heterocycles. The van der Waals surface area contributed by atoms with E-state index in [-0.39, 0.29) is 0 Å². The quantitative estimate of drug-likeness (QED) is 0.895. The minimum absolute atomic E-state index is 0.394. The molecule has 4 nitrogen and oxygen atoms in total. The minimum Gasteiger partial charge on any atom is -0.372 e. The fourth-order valence-electron chi connectivity index (χ4n) is 2.71. The van der Waals surface area contributed by atoms with Gasteiger partial charge in [0.25, 0.3) is 0 Å². The van der Waals surface area contributed by atoms with Crippen LogP contribution in [0.25, 0.3) is 0 Å². The van der Waals surface area contributed by atoms with Crippen molar-refractivity contribution in [2.45, 2.75) is 27.7 Å². The third kappa shape index (κ3) is 1.98. The van der Waals surface area contributed by atoms with Crippen LogP contribution in [-0.4, -0.2) is 23.6 Å². The first kappa shape index (κ1) is 13.6. The van der Waals surface area contributed by atoms with E-state index in [0.717, 1.165) is 22.7 Å². The molecule has 100 valence electrons. The van der Waals surface area contributed by atoms with Gasteiger partial charge < -0.3 is 10.6 Å². The van der Waals surface area contributed by atoms with E-state index < -0.39 is 0 Å². The molecule has 0 unspecified atom stereocenters. The summed E-state index contributed by atoms with van der Waals surface area (Å²) in [5.74, 6) is 2.33. The molecule has 1 aromatic heterocycles. The van der Waals surface area contributed by atoms with Crippen molar-refractivity contribution in [3.63, 3.8) is 0 Å². The van der Waals surface area contributed by atoms with E-state index in [2.05, 4.69) is 64.2 Å². The number of nitrogens with zero attached hydrogens (tertiary/aromatic N) is 2. The Labute approximate surface area is 117 Å². The Hall–Kier alpha value is -0.840. The fraction of sp³-hybridized carbons (Fsp3) is 0.692. The van der Waals surface area contributed by atoms with Gasteiger partial charge in [-0.2, -0.15) is 0 Å². The maximum Gasteiger partial charge on any atom is 0.145 e. The van der Waals surface area contributed by atoms with E-state index in [0.29, 0.717) is 16.7 Å². The molecule has 2 N–H and O–H groups in total. The maximum absolute atomic E-state index is 4.27. The molecule has 1 aromatic rings. The Morgan fingerprint density at radius 3 is 2.22 bits per heavy atom. The number of anilines is 2. The molecular weight excluding hydrogens is 292 g/mol. The van der Waals surface area contributed by atoms with Gasteiger partial charge in [-0.05, 0) is 32.7 Å². The van der Waals surface area contributed by atoms with Crippen molar-refractivity contribution >= 4 is 27.6 Å². The van der Waals surface area contributed by atoms with Crippen LogP contribution in [0.2, 0.25) is 0 Å². The lowest BCUT2D eigenvalue weighted by Gasteiger charge is -2.10. The predicted octanol–water partition coefficient (Wildman–Crippen LogP) is 3.37. The third-order valence-corrected chi connectivity index (χ3v) is 5.57. The van der Waals surface area contributed by atoms with Gasteiger partial charge in [0.05, 0.1) is 0 Å². The van der Waals surface area contributed by atoms with E-state index in [1.807, 2.05) is 7.05 Å². The first-order chi connectivity index (χ1) is 8.32. The Balaban J connectivity index is 2.05. The average Bonchev–Trinajstić information content (AvgIpc) is 2.69.